The van der Waals surface area contributed by atoms with Gasteiger partial charge in [-0.2, -0.15) is 5.26 Å². The summed E-state index contributed by atoms with van der Waals surface area (Å²) in [5, 5.41) is 8.72. The third-order valence-electron chi connectivity index (χ3n) is 2.03. The van der Waals surface area contributed by atoms with Crippen LogP contribution >= 0.6 is 0 Å². The molecule has 0 amide bonds. The van der Waals surface area contributed by atoms with Gasteiger partial charge in [0, 0.05) is 18.0 Å². The topological polar surface area (TPSA) is 75.6 Å². The molecule has 0 saturated heterocycles. The summed E-state index contributed by atoms with van der Waals surface area (Å²) in [5.41, 5.74) is 8.24. The van der Waals surface area contributed by atoms with Gasteiger partial charge in [0.05, 0.1) is 23.1 Å². The molecule has 0 fully saturated rings. The maximum absolute atomic E-state index is 8.72. The average Bonchev–Trinajstić information content (AvgIpc) is 2.30. The van der Waals surface area contributed by atoms with E-state index >= 15 is 0 Å². The summed E-state index contributed by atoms with van der Waals surface area (Å²) < 4.78 is 0. The number of anilines is 1. The van der Waals surface area contributed by atoms with Gasteiger partial charge in [-0.05, 0) is 12.1 Å². The van der Waals surface area contributed by atoms with E-state index in [4.69, 9.17) is 11.0 Å². The predicted molar refractivity (Wildman–Crippen MR) is 56.6 cm³/mol. The molecule has 15 heavy (non-hydrogen) atoms. The maximum Gasteiger partial charge on any atom is 0.101 e. The average molecular weight is 196 g/mol. The molecule has 1 aromatic carbocycles. The van der Waals surface area contributed by atoms with Gasteiger partial charge >= 0.3 is 0 Å². The first-order chi connectivity index (χ1) is 7.31. The normalized spacial score (nSPS) is 9.53. The molecule has 1 aromatic heterocycles. The molecule has 1 heterocycles. The molecular formula is C11H8N4. The Labute approximate surface area is 87.0 Å². The monoisotopic (exact) mass is 196 g/mol. The van der Waals surface area contributed by atoms with Crippen LogP contribution in [0.5, 0.6) is 0 Å². The highest BCUT2D eigenvalue weighted by atomic mass is 14.8. The van der Waals surface area contributed by atoms with Gasteiger partial charge in [-0.25, -0.2) is 0 Å². The largest absolute Gasteiger partial charge is 0.398 e. The number of nitriles is 1. The number of nitrogens with two attached hydrogens (primary N) is 1. The van der Waals surface area contributed by atoms with E-state index in [-0.39, 0.29) is 0 Å². The summed E-state index contributed by atoms with van der Waals surface area (Å²) in [6.45, 7) is 0. The van der Waals surface area contributed by atoms with Gasteiger partial charge in [-0.15, -0.1) is 0 Å². The number of nitrogen functional groups attached to an aromatic ring is 1. The van der Waals surface area contributed by atoms with Crippen molar-refractivity contribution in [2.45, 2.75) is 0 Å². The Kier molecular flexibility index (Phi) is 2.30. The highest BCUT2D eigenvalue weighted by Gasteiger charge is 2.02. The van der Waals surface area contributed by atoms with E-state index in [0.29, 0.717) is 11.3 Å². The Balaban J connectivity index is 2.49. The second-order valence-electron chi connectivity index (χ2n) is 3.00. The van der Waals surface area contributed by atoms with Crippen molar-refractivity contribution in [2.24, 2.45) is 0 Å². The minimum atomic E-state index is 0.459. The predicted octanol–water partition coefficient (Wildman–Crippen LogP) is 1.60. The van der Waals surface area contributed by atoms with Gasteiger partial charge in [0.15, 0.2) is 0 Å². The molecule has 0 unspecified atom stereocenters. The number of nitrogens with zero attached hydrogens (tertiary/aromatic N) is 3. The van der Waals surface area contributed by atoms with Crippen molar-refractivity contribution in [1.29, 1.82) is 5.26 Å². The van der Waals surface area contributed by atoms with Crippen LogP contribution in [0.2, 0.25) is 0 Å². The van der Waals surface area contributed by atoms with Crippen LogP contribution in [0.3, 0.4) is 0 Å². The fourth-order valence-electron chi connectivity index (χ4n) is 1.27. The fraction of sp³-hybridized carbons (Fsp3) is 0. The summed E-state index contributed by atoms with van der Waals surface area (Å²) in [6.07, 6.45) is 4.88. The number of rotatable bonds is 1. The van der Waals surface area contributed by atoms with Crippen LogP contribution in [-0.4, -0.2) is 9.97 Å². The summed E-state index contributed by atoms with van der Waals surface area (Å²) >= 11 is 0. The molecule has 0 radical (unpaired) electrons. The Morgan fingerprint density at radius 2 is 2.13 bits per heavy atom. The van der Waals surface area contributed by atoms with Crippen molar-refractivity contribution in [3.05, 3.63) is 42.4 Å². The van der Waals surface area contributed by atoms with Crippen LogP contribution in [0, 0.1) is 11.3 Å². The molecule has 0 aliphatic rings. The first-order valence-electron chi connectivity index (χ1n) is 4.37. The molecule has 2 N–H and O–H groups in total. The van der Waals surface area contributed by atoms with Gasteiger partial charge in [0.1, 0.15) is 6.07 Å². The van der Waals surface area contributed by atoms with Crippen molar-refractivity contribution in [1.82, 2.24) is 9.97 Å². The Hall–Kier alpha value is -2.41. The quantitative estimate of drug-likeness (QED) is 0.703. The maximum atomic E-state index is 8.72. The Morgan fingerprint density at radius 1 is 1.27 bits per heavy atom. The van der Waals surface area contributed by atoms with Gasteiger partial charge in [-0.1, -0.05) is 6.07 Å². The molecule has 4 nitrogen and oxygen atoms in total. The lowest BCUT2D eigenvalue weighted by molar-refractivity contribution is 1.21. The minimum absolute atomic E-state index is 0.459. The molecular weight excluding hydrogens is 188 g/mol. The SMILES string of the molecule is N#Cc1ccc(-c2cnccn2)cc1N. The number of hydrogen-bond acceptors (Lipinski definition) is 4. The van der Waals surface area contributed by atoms with Crippen molar-refractivity contribution in [3.8, 4) is 17.3 Å². The zero-order valence-corrected chi connectivity index (χ0v) is 7.88. The second-order valence-corrected chi connectivity index (χ2v) is 3.00. The lowest BCUT2D eigenvalue weighted by atomic mass is 10.1. The third-order valence-corrected chi connectivity index (χ3v) is 2.03. The van der Waals surface area contributed by atoms with E-state index in [2.05, 4.69) is 9.97 Å². The minimum Gasteiger partial charge on any atom is -0.398 e. The van der Waals surface area contributed by atoms with Crippen LogP contribution in [0.4, 0.5) is 5.69 Å². The standard InChI is InChI=1S/C11H8N4/c12-6-9-2-1-8(5-10(9)13)11-7-14-3-4-15-11/h1-5,7H,13H2. The van der Waals surface area contributed by atoms with Gasteiger partial charge in [0.25, 0.3) is 0 Å². The molecule has 0 aliphatic heterocycles. The van der Waals surface area contributed by atoms with E-state index in [1.54, 1.807) is 36.8 Å². The molecule has 0 saturated carbocycles. The lowest BCUT2D eigenvalue weighted by Crippen LogP contribution is -1.92. The summed E-state index contributed by atoms with van der Waals surface area (Å²) in [5.74, 6) is 0. The van der Waals surface area contributed by atoms with Crippen molar-refractivity contribution in [3.63, 3.8) is 0 Å². The lowest BCUT2D eigenvalue weighted by Gasteiger charge is -2.02. The zero-order chi connectivity index (χ0) is 10.7. The van der Waals surface area contributed by atoms with Crippen LogP contribution in [0.25, 0.3) is 11.3 Å². The molecule has 0 bridgehead atoms. The fourth-order valence-corrected chi connectivity index (χ4v) is 1.27. The summed E-state index contributed by atoms with van der Waals surface area (Å²) in [7, 11) is 0. The first kappa shape index (κ1) is 9.16. The third kappa shape index (κ3) is 1.76. The van der Waals surface area contributed by atoms with Gasteiger partial charge < -0.3 is 5.73 Å². The first-order valence-corrected chi connectivity index (χ1v) is 4.37. The molecule has 2 rings (SSSR count). The zero-order valence-electron chi connectivity index (χ0n) is 7.88. The van der Waals surface area contributed by atoms with E-state index in [1.807, 2.05) is 6.07 Å². The molecule has 4 heteroatoms. The summed E-state index contributed by atoms with van der Waals surface area (Å²) in [4.78, 5) is 8.11. The van der Waals surface area contributed by atoms with Crippen molar-refractivity contribution >= 4 is 5.69 Å². The van der Waals surface area contributed by atoms with Crippen molar-refractivity contribution < 1.29 is 0 Å². The van der Waals surface area contributed by atoms with E-state index in [0.717, 1.165) is 11.3 Å². The van der Waals surface area contributed by atoms with E-state index < -0.39 is 0 Å². The molecule has 2 aromatic rings. The second kappa shape index (κ2) is 3.76. The summed E-state index contributed by atoms with van der Waals surface area (Å²) in [6, 6.07) is 7.22. The van der Waals surface area contributed by atoms with E-state index in [1.165, 1.54) is 0 Å². The smallest absolute Gasteiger partial charge is 0.101 e. The molecule has 0 spiro atoms. The van der Waals surface area contributed by atoms with Crippen LogP contribution in [0.15, 0.2) is 36.8 Å². The van der Waals surface area contributed by atoms with E-state index in [9.17, 15) is 0 Å². The number of hydrogen-bond donors (Lipinski definition) is 1. The van der Waals surface area contributed by atoms with Gasteiger partial charge in [0.2, 0.25) is 0 Å². The molecule has 0 aliphatic carbocycles. The highest BCUT2D eigenvalue weighted by Crippen LogP contribution is 2.20. The molecule has 72 valence electrons. The van der Waals surface area contributed by atoms with Crippen LogP contribution < -0.4 is 5.73 Å². The van der Waals surface area contributed by atoms with Crippen LogP contribution in [0.1, 0.15) is 5.56 Å². The van der Waals surface area contributed by atoms with Crippen LogP contribution in [-0.2, 0) is 0 Å². The van der Waals surface area contributed by atoms with Crippen molar-refractivity contribution in [2.75, 3.05) is 5.73 Å². The Bertz CT molecular complexity index is 514. The molecule has 0 atom stereocenters. The number of benzene rings is 1. The Morgan fingerprint density at radius 3 is 2.73 bits per heavy atom. The van der Waals surface area contributed by atoms with Gasteiger partial charge in [-0.3, -0.25) is 9.97 Å². The highest BCUT2D eigenvalue weighted by molar-refractivity contribution is 5.67. The number of aromatic nitrogens is 2.